The SMILES string of the molecule is CCOC(=O)/C(=N/Nc1ccc(Cl)cc1Cl)C(F)(F)F. The van der Waals surface area contributed by atoms with Gasteiger partial charge >= 0.3 is 12.1 Å². The third-order valence-corrected chi connectivity index (χ3v) is 2.50. The average Bonchev–Trinajstić information content (AvgIpc) is 2.30. The smallest absolute Gasteiger partial charge is 0.442 e. The van der Waals surface area contributed by atoms with Crippen LogP contribution in [0.2, 0.25) is 10.0 Å². The van der Waals surface area contributed by atoms with E-state index < -0.39 is 17.9 Å². The predicted molar refractivity (Wildman–Crippen MR) is 70.2 cm³/mol. The second-order valence-corrected chi connectivity index (χ2v) is 4.26. The molecule has 0 heterocycles. The number of benzene rings is 1. The van der Waals surface area contributed by atoms with Crippen LogP contribution in [0.15, 0.2) is 23.3 Å². The van der Waals surface area contributed by atoms with Crippen molar-refractivity contribution in [1.82, 2.24) is 0 Å². The molecule has 1 aromatic carbocycles. The number of hydrogen-bond acceptors (Lipinski definition) is 4. The molecule has 0 saturated carbocycles. The molecule has 20 heavy (non-hydrogen) atoms. The van der Waals surface area contributed by atoms with Gasteiger partial charge in [-0.05, 0) is 25.1 Å². The number of hydrogen-bond donors (Lipinski definition) is 1. The summed E-state index contributed by atoms with van der Waals surface area (Å²) in [5.74, 6) is -1.57. The lowest BCUT2D eigenvalue weighted by Gasteiger charge is -2.10. The fourth-order valence-corrected chi connectivity index (χ4v) is 1.57. The molecular weight excluding hydrogens is 320 g/mol. The van der Waals surface area contributed by atoms with Crippen LogP contribution >= 0.6 is 23.2 Å². The Morgan fingerprint density at radius 3 is 2.55 bits per heavy atom. The Balaban J connectivity index is 3.00. The summed E-state index contributed by atoms with van der Waals surface area (Å²) in [6.07, 6.45) is -4.95. The Kier molecular flexibility index (Phi) is 5.64. The van der Waals surface area contributed by atoms with Crippen LogP contribution in [0.5, 0.6) is 0 Å². The van der Waals surface area contributed by atoms with E-state index >= 15 is 0 Å². The van der Waals surface area contributed by atoms with Crippen LogP contribution in [0.3, 0.4) is 0 Å². The third-order valence-electron chi connectivity index (χ3n) is 1.96. The van der Waals surface area contributed by atoms with E-state index in [1.165, 1.54) is 25.1 Å². The van der Waals surface area contributed by atoms with Crippen molar-refractivity contribution in [2.45, 2.75) is 13.1 Å². The summed E-state index contributed by atoms with van der Waals surface area (Å²) in [4.78, 5) is 11.2. The molecule has 1 rings (SSSR count). The zero-order valence-corrected chi connectivity index (χ0v) is 11.6. The monoisotopic (exact) mass is 328 g/mol. The third kappa shape index (κ3) is 4.57. The summed E-state index contributed by atoms with van der Waals surface area (Å²) in [6, 6.07) is 4.05. The van der Waals surface area contributed by atoms with Crippen molar-refractivity contribution in [2.24, 2.45) is 5.10 Å². The Labute approximate surface area is 122 Å². The van der Waals surface area contributed by atoms with Crippen molar-refractivity contribution in [3.05, 3.63) is 28.2 Å². The van der Waals surface area contributed by atoms with Gasteiger partial charge in [0.05, 0.1) is 17.3 Å². The Bertz CT molecular complexity index is 533. The highest BCUT2D eigenvalue weighted by molar-refractivity contribution is 6.39. The first-order valence-electron chi connectivity index (χ1n) is 5.28. The highest BCUT2D eigenvalue weighted by Crippen LogP contribution is 2.26. The maximum absolute atomic E-state index is 12.6. The van der Waals surface area contributed by atoms with Gasteiger partial charge in [0.1, 0.15) is 0 Å². The maximum atomic E-state index is 12.6. The summed E-state index contributed by atoms with van der Waals surface area (Å²) >= 11 is 11.4. The summed E-state index contributed by atoms with van der Waals surface area (Å²) in [7, 11) is 0. The van der Waals surface area contributed by atoms with Gasteiger partial charge in [-0.3, -0.25) is 5.43 Å². The van der Waals surface area contributed by atoms with E-state index in [-0.39, 0.29) is 17.3 Å². The van der Waals surface area contributed by atoms with Crippen molar-refractivity contribution in [3.8, 4) is 0 Å². The molecule has 0 aliphatic rings. The largest absolute Gasteiger partial charge is 0.461 e. The van der Waals surface area contributed by atoms with Crippen molar-refractivity contribution in [2.75, 3.05) is 12.0 Å². The van der Waals surface area contributed by atoms with Gasteiger partial charge in [-0.25, -0.2) is 4.79 Å². The first-order chi connectivity index (χ1) is 9.25. The Morgan fingerprint density at radius 2 is 2.05 bits per heavy atom. The van der Waals surface area contributed by atoms with Gasteiger partial charge in [0, 0.05) is 5.02 Å². The van der Waals surface area contributed by atoms with E-state index in [0.29, 0.717) is 5.02 Å². The van der Waals surface area contributed by atoms with E-state index in [2.05, 4.69) is 15.3 Å². The Morgan fingerprint density at radius 1 is 1.40 bits per heavy atom. The summed E-state index contributed by atoms with van der Waals surface area (Å²) in [5, 5.41) is 3.39. The van der Waals surface area contributed by atoms with Crippen LogP contribution in [-0.4, -0.2) is 24.5 Å². The zero-order valence-electron chi connectivity index (χ0n) is 10.1. The number of nitrogens with one attached hydrogen (secondary N) is 1. The molecule has 0 saturated heterocycles. The second kappa shape index (κ2) is 6.81. The van der Waals surface area contributed by atoms with Gasteiger partial charge in [0.2, 0.25) is 5.71 Å². The summed E-state index contributed by atoms with van der Waals surface area (Å²) in [6.45, 7) is 1.19. The lowest BCUT2D eigenvalue weighted by Crippen LogP contribution is -2.33. The number of hydrazone groups is 1. The topological polar surface area (TPSA) is 50.7 Å². The first kappa shape index (κ1) is 16.6. The van der Waals surface area contributed by atoms with E-state index in [9.17, 15) is 18.0 Å². The molecule has 0 amide bonds. The minimum atomic E-state index is -4.95. The fourth-order valence-electron chi connectivity index (χ4n) is 1.12. The minimum absolute atomic E-state index is 0.0617. The molecule has 0 radical (unpaired) electrons. The predicted octanol–water partition coefficient (Wildman–Crippen LogP) is 3.89. The van der Waals surface area contributed by atoms with Gasteiger partial charge in [0.25, 0.3) is 0 Å². The van der Waals surface area contributed by atoms with Gasteiger partial charge < -0.3 is 4.74 Å². The summed E-state index contributed by atoms with van der Waals surface area (Å²) < 4.78 is 42.2. The molecule has 0 bridgehead atoms. The molecule has 0 atom stereocenters. The normalized spacial score (nSPS) is 12.2. The van der Waals surface area contributed by atoms with Crippen molar-refractivity contribution in [3.63, 3.8) is 0 Å². The van der Waals surface area contributed by atoms with Gasteiger partial charge in [-0.1, -0.05) is 23.2 Å². The van der Waals surface area contributed by atoms with Gasteiger partial charge in [0.15, 0.2) is 0 Å². The van der Waals surface area contributed by atoms with E-state index in [1.807, 2.05) is 0 Å². The lowest BCUT2D eigenvalue weighted by molar-refractivity contribution is -0.139. The molecule has 1 N–H and O–H groups in total. The zero-order chi connectivity index (χ0) is 15.3. The average molecular weight is 329 g/mol. The van der Waals surface area contributed by atoms with Crippen LogP contribution in [-0.2, 0) is 9.53 Å². The van der Waals surface area contributed by atoms with Gasteiger partial charge in [-0.15, -0.1) is 0 Å². The van der Waals surface area contributed by atoms with Crippen LogP contribution in [0.4, 0.5) is 18.9 Å². The molecule has 4 nitrogen and oxygen atoms in total. The molecule has 1 aromatic rings. The molecule has 9 heteroatoms. The number of esters is 1. The number of nitrogens with zero attached hydrogens (tertiary/aromatic N) is 1. The second-order valence-electron chi connectivity index (χ2n) is 3.41. The maximum Gasteiger partial charge on any atom is 0.442 e. The van der Waals surface area contributed by atoms with Crippen LogP contribution in [0.25, 0.3) is 0 Å². The molecule has 0 aromatic heterocycles. The molecule has 0 spiro atoms. The van der Waals surface area contributed by atoms with E-state index in [4.69, 9.17) is 23.2 Å². The molecule has 0 aliphatic carbocycles. The molecule has 0 unspecified atom stereocenters. The Hall–Kier alpha value is -1.47. The van der Waals surface area contributed by atoms with Crippen LogP contribution in [0.1, 0.15) is 6.92 Å². The first-order valence-corrected chi connectivity index (χ1v) is 6.04. The number of carbonyl (C=O) groups excluding carboxylic acids is 1. The van der Waals surface area contributed by atoms with Crippen LogP contribution in [0, 0.1) is 0 Å². The number of anilines is 1. The van der Waals surface area contributed by atoms with Gasteiger partial charge in [-0.2, -0.15) is 18.3 Å². The molecule has 0 fully saturated rings. The number of halogens is 5. The quantitative estimate of drug-likeness (QED) is 0.518. The van der Waals surface area contributed by atoms with E-state index in [0.717, 1.165) is 0 Å². The molecule has 110 valence electrons. The molecular formula is C11H9Cl2F3N2O2. The van der Waals surface area contributed by atoms with Crippen molar-refractivity contribution in [1.29, 1.82) is 0 Å². The van der Waals surface area contributed by atoms with Crippen molar-refractivity contribution < 1.29 is 22.7 Å². The fraction of sp³-hybridized carbons (Fsp3) is 0.273. The number of rotatable bonds is 4. The van der Waals surface area contributed by atoms with Crippen molar-refractivity contribution >= 4 is 40.6 Å². The van der Waals surface area contributed by atoms with Crippen LogP contribution < -0.4 is 5.43 Å². The lowest BCUT2D eigenvalue weighted by atomic mass is 10.3. The highest BCUT2D eigenvalue weighted by atomic mass is 35.5. The standard InChI is InChI=1S/C11H9Cl2F3N2O2/c1-2-20-10(19)9(11(14,15)16)18-17-8-4-3-6(12)5-7(8)13/h3-5,17H,2H2,1H3/b18-9-. The number of ether oxygens (including phenoxy) is 1. The highest BCUT2D eigenvalue weighted by Gasteiger charge is 2.42. The number of carbonyl (C=O) groups is 1. The minimum Gasteiger partial charge on any atom is -0.461 e. The molecule has 0 aliphatic heterocycles. The number of alkyl halides is 3. The summed E-state index contributed by atoms with van der Waals surface area (Å²) in [5.41, 5.74) is 0.431. The van der Waals surface area contributed by atoms with E-state index in [1.54, 1.807) is 0 Å².